The second-order valence-electron chi connectivity index (χ2n) is 8.36. The summed E-state index contributed by atoms with van der Waals surface area (Å²) in [6.45, 7) is 11.8. The van der Waals surface area contributed by atoms with Gasteiger partial charge < -0.3 is 14.4 Å². The van der Waals surface area contributed by atoms with Crippen LogP contribution in [0, 0.1) is 5.41 Å². The number of benzene rings is 1. The largest absolute Gasteiger partial charge is 0.491 e. The molecule has 0 unspecified atom stereocenters. The van der Waals surface area contributed by atoms with Gasteiger partial charge in [-0.3, -0.25) is 5.10 Å². The Morgan fingerprint density at radius 2 is 1.93 bits per heavy atom. The summed E-state index contributed by atoms with van der Waals surface area (Å²) >= 11 is 0. The first kappa shape index (κ1) is 21.0. The minimum absolute atomic E-state index is 0.174. The van der Waals surface area contributed by atoms with Crippen molar-refractivity contribution in [2.75, 3.05) is 38.3 Å². The van der Waals surface area contributed by atoms with E-state index in [2.05, 4.69) is 52.8 Å². The van der Waals surface area contributed by atoms with E-state index in [4.69, 9.17) is 9.47 Å². The van der Waals surface area contributed by atoms with E-state index in [1.807, 2.05) is 24.3 Å². The van der Waals surface area contributed by atoms with Crippen LogP contribution in [0.5, 0.6) is 5.75 Å². The maximum absolute atomic E-state index is 5.76. The van der Waals surface area contributed by atoms with Crippen LogP contribution in [0.4, 0.5) is 5.82 Å². The van der Waals surface area contributed by atoms with E-state index in [0.29, 0.717) is 13.2 Å². The molecule has 156 valence electrons. The van der Waals surface area contributed by atoms with Gasteiger partial charge in [-0.1, -0.05) is 27.7 Å². The lowest BCUT2D eigenvalue weighted by molar-refractivity contribution is 0.146. The third-order valence-corrected chi connectivity index (χ3v) is 4.47. The summed E-state index contributed by atoms with van der Waals surface area (Å²) in [6, 6.07) is 7.91. The van der Waals surface area contributed by atoms with Crippen LogP contribution in [0.25, 0.3) is 22.3 Å². The molecule has 0 aliphatic heterocycles. The van der Waals surface area contributed by atoms with E-state index >= 15 is 0 Å². The second kappa shape index (κ2) is 9.22. The zero-order valence-corrected chi connectivity index (χ0v) is 18.0. The van der Waals surface area contributed by atoms with E-state index in [1.165, 1.54) is 0 Å². The number of H-pyrrole nitrogens is 1. The van der Waals surface area contributed by atoms with Crippen LogP contribution in [0.15, 0.2) is 30.6 Å². The molecule has 1 aromatic carbocycles. The molecule has 0 atom stereocenters. The molecule has 0 saturated carbocycles. The highest BCUT2D eigenvalue weighted by Gasteiger charge is 2.19. The van der Waals surface area contributed by atoms with Crippen LogP contribution >= 0.6 is 0 Å². The van der Waals surface area contributed by atoms with Crippen molar-refractivity contribution in [3.63, 3.8) is 0 Å². The molecule has 0 aliphatic carbocycles. The zero-order chi connectivity index (χ0) is 20.9. The Hall–Kier alpha value is -2.67. The fraction of sp³-hybridized carbons (Fsp3) is 0.500. The van der Waals surface area contributed by atoms with Gasteiger partial charge in [0.2, 0.25) is 0 Å². The van der Waals surface area contributed by atoms with Crippen LogP contribution in [0.2, 0.25) is 0 Å². The van der Waals surface area contributed by atoms with Gasteiger partial charge >= 0.3 is 0 Å². The van der Waals surface area contributed by atoms with Crippen molar-refractivity contribution in [3.05, 3.63) is 30.6 Å². The predicted octanol–water partition coefficient (Wildman–Crippen LogP) is 4.31. The molecule has 29 heavy (non-hydrogen) atoms. The van der Waals surface area contributed by atoms with Crippen molar-refractivity contribution < 1.29 is 9.47 Å². The summed E-state index contributed by atoms with van der Waals surface area (Å²) in [5.74, 6) is 1.71. The number of ether oxygens (including phenoxy) is 2. The van der Waals surface area contributed by atoms with Crippen LogP contribution in [0.3, 0.4) is 0 Å². The number of aromatic amines is 1. The lowest BCUT2D eigenvalue weighted by Crippen LogP contribution is -2.34. The number of anilines is 1. The van der Waals surface area contributed by atoms with Gasteiger partial charge in [-0.2, -0.15) is 5.10 Å². The molecule has 7 heteroatoms. The highest BCUT2D eigenvalue weighted by atomic mass is 16.5. The first-order valence-electron chi connectivity index (χ1n) is 10.1. The smallest absolute Gasteiger partial charge is 0.132 e. The first-order valence-corrected chi connectivity index (χ1v) is 10.1. The number of fused-ring (bicyclic) bond motifs is 1. The molecule has 0 saturated heterocycles. The molecule has 0 bridgehead atoms. The topological polar surface area (TPSA) is 76.2 Å². The van der Waals surface area contributed by atoms with Crippen molar-refractivity contribution in [1.29, 1.82) is 0 Å². The number of aromatic nitrogens is 4. The predicted molar refractivity (Wildman–Crippen MR) is 116 cm³/mol. The molecule has 3 rings (SSSR count). The lowest BCUT2D eigenvalue weighted by Gasteiger charge is -2.30. The molecule has 2 aromatic heterocycles. The maximum Gasteiger partial charge on any atom is 0.132 e. The molecule has 3 aromatic rings. The standard InChI is InChI=1S/C22H31N5O2/c1-6-9-27(14-22(2,3)4)20-13-19(23-15-24-20)21-17-12-16(29-11-10-28-5)7-8-18(17)25-26-21/h7-8,12-13,15H,6,9-11,14H2,1-5H3,(H,25,26). The van der Waals surface area contributed by atoms with Gasteiger partial charge in [0.05, 0.1) is 17.8 Å². The molecular weight excluding hydrogens is 366 g/mol. The fourth-order valence-corrected chi connectivity index (χ4v) is 3.29. The third-order valence-electron chi connectivity index (χ3n) is 4.47. The van der Waals surface area contributed by atoms with Crippen molar-refractivity contribution in [2.45, 2.75) is 34.1 Å². The van der Waals surface area contributed by atoms with E-state index in [9.17, 15) is 0 Å². The van der Waals surface area contributed by atoms with E-state index in [-0.39, 0.29) is 5.41 Å². The van der Waals surface area contributed by atoms with Gasteiger partial charge in [0.1, 0.15) is 30.2 Å². The third kappa shape index (κ3) is 5.44. The molecule has 0 aliphatic rings. The number of nitrogens with zero attached hydrogens (tertiary/aromatic N) is 4. The molecular formula is C22H31N5O2. The Morgan fingerprint density at radius 1 is 1.10 bits per heavy atom. The van der Waals surface area contributed by atoms with Crippen molar-refractivity contribution in [2.24, 2.45) is 5.41 Å². The normalized spacial score (nSPS) is 11.8. The molecule has 0 radical (unpaired) electrons. The summed E-state index contributed by atoms with van der Waals surface area (Å²) in [7, 11) is 1.66. The Balaban J connectivity index is 1.93. The highest BCUT2D eigenvalue weighted by Crippen LogP contribution is 2.30. The van der Waals surface area contributed by atoms with E-state index < -0.39 is 0 Å². The van der Waals surface area contributed by atoms with Crippen molar-refractivity contribution in [3.8, 4) is 17.1 Å². The quantitative estimate of drug-likeness (QED) is 0.542. The highest BCUT2D eigenvalue weighted by molar-refractivity contribution is 5.93. The molecule has 0 amide bonds. The molecule has 2 heterocycles. The molecule has 0 fully saturated rings. The SMILES string of the molecule is CCCN(CC(C)(C)C)c1cc(-c2n[nH]c3ccc(OCCOC)cc23)ncn1. The molecule has 0 spiro atoms. The van der Waals surface area contributed by atoms with Gasteiger partial charge in [-0.15, -0.1) is 0 Å². The summed E-state index contributed by atoms with van der Waals surface area (Å²) in [6.07, 6.45) is 2.68. The monoisotopic (exact) mass is 397 g/mol. The van der Waals surface area contributed by atoms with Crippen LogP contribution in [-0.2, 0) is 4.74 Å². The first-order chi connectivity index (χ1) is 13.9. The molecule has 7 nitrogen and oxygen atoms in total. The Labute approximate surface area is 172 Å². The van der Waals surface area contributed by atoms with Crippen molar-refractivity contribution in [1.82, 2.24) is 20.2 Å². The number of nitrogens with one attached hydrogen (secondary N) is 1. The van der Waals surface area contributed by atoms with E-state index in [0.717, 1.165) is 53.4 Å². The Morgan fingerprint density at radius 3 is 2.66 bits per heavy atom. The summed E-state index contributed by atoms with van der Waals surface area (Å²) in [5.41, 5.74) is 2.71. The number of methoxy groups -OCH3 is 1. The second-order valence-corrected chi connectivity index (χ2v) is 8.36. The van der Waals surface area contributed by atoms with Gasteiger partial charge in [0.15, 0.2) is 0 Å². The summed E-state index contributed by atoms with van der Waals surface area (Å²) < 4.78 is 10.8. The van der Waals surface area contributed by atoms with E-state index in [1.54, 1.807) is 13.4 Å². The fourth-order valence-electron chi connectivity index (χ4n) is 3.29. The minimum atomic E-state index is 0.174. The summed E-state index contributed by atoms with van der Waals surface area (Å²) in [5, 5.41) is 8.57. The average molecular weight is 398 g/mol. The number of hydrogen-bond acceptors (Lipinski definition) is 6. The van der Waals surface area contributed by atoms with Gasteiger partial charge in [-0.25, -0.2) is 9.97 Å². The zero-order valence-electron chi connectivity index (χ0n) is 18.0. The van der Waals surface area contributed by atoms with Gasteiger partial charge in [0, 0.05) is 31.7 Å². The lowest BCUT2D eigenvalue weighted by atomic mass is 9.96. The number of hydrogen-bond donors (Lipinski definition) is 1. The maximum atomic E-state index is 5.76. The van der Waals surface area contributed by atoms with Gasteiger partial charge in [0.25, 0.3) is 0 Å². The van der Waals surface area contributed by atoms with Crippen LogP contribution in [0.1, 0.15) is 34.1 Å². The minimum Gasteiger partial charge on any atom is -0.491 e. The Kier molecular flexibility index (Phi) is 6.69. The van der Waals surface area contributed by atoms with Crippen LogP contribution < -0.4 is 9.64 Å². The van der Waals surface area contributed by atoms with Crippen LogP contribution in [-0.4, -0.2) is 53.6 Å². The average Bonchev–Trinajstić information content (AvgIpc) is 3.10. The van der Waals surface area contributed by atoms with Gasteiger partial charge in [-0.05, 0) is 30.0 Å². The van der Waals surface area contributed by atoms with Crippen molar-refractivity contribution >= 4 is 16.7 Å². The number of rotatable bonds is 9. The summed E-state index contributed by atoms with van der Waals surface area (Å²) in [4.78, 5) is 11.4. The Bertz CT molecular complexity index is 932. The molecule has 1 N–H and O–H groups in total.